The van der Waals surface area contributed by atoms with Gasteiger partial charge in [-0.15, -0.1) is 12.4 Å². The lowest BCUT2D eigenvalue weighted by molar-refractivity contribution is 0.0870. The number of likely N-dealkylation sites (tertiary alicyclic amines) is 1. The molecule has 0 radical (unpaired) electrons. The Labute approximate surface area is 181 Å². The summed E-state index contributed by atoms with van der Waals surface area (Å²) in [7, 11) is 0. The zero-order valence-electron chi connectivity index (χ0n) is 17.2. The van der Waals surface area contributed by atoms with E-state index in [0.29, 0.717) is 23.4 Å². The Kier molecular flexibility index (Phi) is 7.00. The number of fused-ring (bicyclic) bond motifs is 1. The van der Waals surface area contributed by atoms with Crippen LogP contribution in [-0.2, 0) is 0 Å². The molecule has 4 rings (SSSR count). The molecule has 1 unspecified atom stereocenters. The van der Waals surface area contributed by atoms with Crippen LogP contribution < -0.4 is 10.7 Å². The highest BCUT2D eigenvalue weighted by Gasteiger charge is 2.27. The number of amides is 1. The normalized spacial score (nSPS) is 16.2. The average molecular weight is 431 g/mol. The van der Waals surface area contributed by atoms with E-state index in [1.165, 1.54) is 6.07 Å². The van der Waals surface area contributed by atoms with E-state index in [0.717, 1.165) is 37.5 Å². The minimum Gasteiger partial charge on any atom is -0.465 e. The maximum atomic E-state index is 12.7. The van der Waals surface area contributed by atoms with Gasteiger partial charge in [0.05, 0.1) is 11.4 Å². The van der Waals surface area contributed by atoms with Gasteiger partial charge in [-0.1, -0.05) is 19.1 Å². The largest absolute Gasteiger partial charge is 0.465 e. The third-order valence-corrected chi connectivity index (χ3v) is 5.66. The molecule has 0 bridgehead atoms. The van der Waals surface area contributed by atoms with Crippen LogP contribution in [0.5, 0.6) is 0 Å². The van der Waals surface area contributed by atoms with Crippen molar-refractivity contribution >= 4 is 29.3 Å². The van der Waals surface area contributed by atoms with Crippen molar-refractivity contribution in [1.29, 1.82) is 0 Å². The quantitative estimate of drug-likeness (QED) is 0.652. The van der Waals surface area contributed by atoms with Gasteiger partial charge in [0.1, 0.15) is 17.1 Å². The summed E-state index contributed by atoms with van der Waals surface area (Å²) in [5, 5.41) is 3.40. The van der Waals surface area contributed by atoms with E-state index in [-0.39, 0.29) is 29.6 Å². The fourth-order valence-corrected chi connectivity index (χ4v) is 3.87. The number of nitrogens with one attached hydrogen (secondary N) is 1. The molecular formula is C23H27ClN2O4. The van der Waals surface area contributed by atoms with Crippen molar-refractivity contribution in [3.63, 3.8) is 0 Å². The molecule has 3 aromatic rings. The molecule has 1 amide bonds. The lowest BCUT2D eigenvalue weighted by atomic mass is 9.97. The molecule has 0 spiro atoms. The maximum Gasteiger partial charge on any atom is 0.287 e. The van der Waals surface area contributed by atoms with Crippen LogP contribution in [0.25, 0.3) is 11.0 Å². The Morgan fingerprint density at radius 3 is 2.60 bits per heavy atom. The van der Waals surface area contributed by atoms with Gasteiger partial charge < -0.3 is 14.2 Å². The number of furan rings is 1. The van der Waals surface area contributed by atoms with Crippen LogP contribution in [0.3, 0.4) is 0 Å². The monoisotopic (exact) mass is 430 g/mol. The first-order chi connectivity index (χ1) is 14.0. The average Bonchev–Trinajstić information content (AvgIpc) is 3.15. The minimum absolute atomic E-state index is 0. The predicted molar refractivity (Wildman–Crippen MR) is 118 cm³/mol. The predicted octanol–water partition coefficient (Wildman–Crippen LogP) is 4.32. The summed E-state index contributed by atoms with van der Waals surface area (Å²) < 4.78 is 11.5. The van der Waals surface area contributed by atoms with E-state index in [1.54, 1.807) is 24.3 Å². The molecule has 30 heavy (non-hydrogen) atoms. The topological polar surface area (TPSA) is 75.7 Å². The van der Waals surface area contributed by atoms with Gasteiger partial charge in [-0.2, -0.15) is 0 Å². The van der Waals surface area contributed by atoms with Crippen LogP contribution in [-0.4, -0.2) is 30.4 Å². The second-order valence-electron chi connectivity index (χ2n) is 7.86. The van der Waals surface area contributed by atoms with Crippen molar-refractivity contribution in [2.45, 2.75) is 32.7 Å². The lowest BCUT2D eigenvalue weighted by Gasteiger charge is -2.35. The fraction of sp³-hybridized carbons (Fsp3) is 0.391. The van der Waals surface area contributed by atoms with Crippen molar-refractivity contribution in [2.75, 3.05) is 19.6 Å². The molecule has 160 valence electrons. The highest BCUT2D eigenvalue weighted by molar-refractivity contribution is 5.93. The van der Waals surface area contributed by atoms with Crippen LogP contribution in [0.4, 0.5) is 0 Å². The molecule has 0 saturated carbocycles. The Bertz CT molecular complexity index is 1070. The molecule has 1 aliphatic heterocycles. The summed E-state index contributed by atoms with van der Waals surface area (Å²) in [6.45, 7) is 6.50. The minimum atomic E-state index is -0.397. The number of nitrogens with zero attached hydrogens (tertiary/aromatic N) is 1. The number of rotatable bonds is 5. The maximum absolute atomic E-state index is 12.7. The molecular weight excluding hydrogens is 404 g/mol. The number of carbonyl (C=O) groups is 1. The van der Waals surface area contributed by atoms with E-state index in [1.807, 2.05) is 19.1 Å². The van der Waals surface area contributed by atoms with E-state index in [4.69, 9.17) is 8.83 Å². The summed E-state index contributed by atoms with van der Waals surface area (Å²) >= 11 is 0. The number of para-hydroxylation sites is 1. The van der Waals surface area contributed by atoms with Crippen LogP contribution in [0.15, 0.2) is 56.1 Å². The number of halogens is 1. The third-order valence-electron chi connectivity index (χ3n) is 5.66. The zero-order chi connectivity index (χ0) is 20.4. The van der Waals surface area contributed by atoms with Crippen LogP contribution >= 0.6 is 12.4 Å². The first-order valence-corrected chi connectivity index (χ1v) is 10.1. The van der Waals surface area contributed by atoms with E-state index in [2.05, 4.69) is 17.1 Å². The molecule has 1 saturated heterocycles. The van der Waals surface area contributed by atoms with Gasteiger partial charge >= 0.3 is 0 Å². The van der Waals surface area contributed by atoms with Crippen molar-refractivity contribution in [2.24, 2.45) is 5.92 Å². The molecule has 2 aromatic heterocycles. The van der Waals surface area contributed by atoms with E-state index in [9.17, 15) is 9.59 Å². The highest BCUT2D eigenvalue weighted by atomic mass is 35.5. The van der Waals surface area contributed by atoms with Crippen LogP contribution in [0, 0.1) is 12.8 Å². The third kappa shape index (κ3) is 4.77. The van der Waals surface area contributed by atoms with Gasteiger partial charge in [-0.3, -0.25) is 14.5 Å². The number of aryl methyl sites for hydroxylation is 1. The summed E-state index contributed by atoms with van der Waals surface area (Å²) in [5.74, 6) is 2.04. The Morgan fingerprint density at radius 2 is 1.90 bits per heavy atom. The second kappa shape index (κ2) is 9.49. The molecule has 1 atom stereocenters. The molecule has 1 aromatic carbocycles. The Balaban J connectivity index is 0.00000256. The first kappa shape index (κ1) is 22.1. The standard InChI is InChI=1S/C23H26N2O4.ClH/c1-15-9-11-25(12-10-15)18(21-8-7-16(2)28-21)14-24-23(27)22-13-19(26)17-5-3-4-6-20(17)29-22;/h3-8,13,15,18H,9-12,14H2,1-2H3,(H,24,27);1H. The molecule has 7 heteroatoms. The van der Waals surface area contributed by atoms with Crippen LogP contribution in [0.2, 0.25) is 0 Å². The number of carbonyl (C=O) groups excluding carboxylic acids is 1. The summed E-state index contributed by atoms with van der Waals surface area (Å²) in [6, 6.07) is 12.1. The summed E-state index contributed by atoms with van der Waals surface area (Å²) in [5.41, 5.74) is 0.189. The van der Waals surface area contributed by atoms with Gasteiger partial charge in [0, 0.05) is 12.6 Å². The number of hydrogen-bond donors (Lipinski definition) is 1. The summed E-state index contributed by atoms with van der Waals surface area (Å²) in [6.07, 6.45) is 2.26. The van der Waals surface area contributed by atoms with Gasteiger partial charge in [0.15, 0.2) is 11.2 Å². The van der Waals surface area contributed by atoms with Gasteiger partial charge in [-0.05, 0) is 63.0 Å². The Morgan fingerprint density at radius 1 is 1.17 bits per heavy atom. The van der Waals surface area contributed by atoms with E-state index >= 15 is 0 Å². The number of hydrogen-bond acceptors (Lipinski definition) is 5. The smallest absolute Gasteiger partial charge is 0.287 e. The van der Waals surface area contributed by atoms with Gasteiger partial charge in [0.25, 0.3) is 5.91 Å². The molecule has 1 fully saturated rings. The molecule has 1 aliphatic rings. The highest BCUT2D eigenvalue weighted by Crippen LogP contribution is 2.27. The van der Waals surface area contributed by atoms with Crippen LogP contribution in [0.1, 0.15) is 47.9 Å². The zero-order valence-corrected chi connectivity index (χ0v) is 18.0. The molecule has 0 aliphatic carbocycles. The van der Waals surface area contributed by atoms with E-state index < -0.39 is 5.91 Å². The molecule has 3 heterocycles. The van der Waals surface area contributed by atoms with Gasteiger partial charge in [-0.25, -0.2) is 0 Å². The summed E-state index contributed by atoms with van der Waals surface area (Å²) in [4.78, 5) is 27.4. The Hall–Kier alpha value is -2.57. The number of benzene rings is 1. The first-order valence-electron chi connectivity index (χ1n) is 10.1. The number of piperidine rings is 1. The SMILES string of the molecule is Cc1ccc(C(CNC(=O)c2cc(=O)c3ccccc3o2)N2CCC(C)CC2)o1.Cl. The molecule has 6 nitrogen and oxygen atoms in total. The molecule has 1 N–H and O–H groups in total. The second-order valence-corrected chi connectivity index (χ2v) is 7.86. The lowest BCUT2D eigenvalue weighted by Crippen LogP contribution is -2.41. The van der Waals surface area contributed by atoms with Crippen molar-refractivity contribution in [1.82, 2.24) is 10.2 Å². The van der Waals surface area contributed by atoms with Crippen molar-refractivity contribution < 1.29 is 13.6 Å². The van der Waals surface area contributed by atoms with Gasteiger partial charge in [0.2, 0.25) is 0 Å². The van der Waals surface area contributed by atoms with Crippen molar-refractivity contribution in [3.05, 3.63) is 70.0 Å². The van der Waals surface area contributed by atoms with Crippen molar-refractivity contribution in [3.8, 4) is 0 Å². The fourth-order valence-electron chi connectivity index (χ4n) is 3.87.